The normalized spacial score (nSPS) is 14.0. The smallest absolute Gasteiger partial charge is 0.224 e. The Kier molecular flexibility index (Phi) is 6.10. The lowest BCUT2D eigenvalue weighted by Gasteiger charge is -2.37. The fourth-order valence-electron chi connectivity index (χ4n) is 3.64. The highest BCUT2D eigenvalue weighted by Gasteiger charge is 2.20. The first-order valence-electron chi connectivity index (χ1n) is 10.1. The zero-order valence-electron chi connectivity index (χ0n) is 16.8. The molecule has 1 saturated heterocycles. The molecule has 0 aliphatic carbocycles. The quantitative estimate of drug-likeness (QED) is 0.668. The maximum Gasteiger partial charge on any atom is 0.224 e. The second-order valence-corrected chi connectivity index (χ2v) is 7.05. The zero-order valence-corrected chi connectivity index (χ0v) is 16.8. The van der Waals surface area contributed by atoms with Gasteiger partial charge in [-0.15, -0.1) is 0 Å². The maximum absolute atomic E-state index is 5.51. The molecule has 0 bridgehead atoms. The van der Waals surface area contributed by atoms with E-state index in [-0.39, 0.29) is 0 Å². The first kappa shape index (κ1) is 19.1. The van der Waals surface area contributed by atoms with Gasteiger partial charge >= 0.3 is 0 Å². The fraction of sp³-hybridized carbons (Fsp3) is 0.304. The molecular weight excluding hydrogens is 362 g/mol. The van der Waals surface area contributed by atoms with Crippen molar-refractivity contribution in [1.82, 2.24) is 9.97 Å². The number of anilines is 3. The van der Waals surface area contributed by atoms with Crippen LogP contribution in [0.5, 0.6) is 5.75 Å². The van der Waals surface area contributed by atoms with E-state index in [1.807, 2.05) is 30.5 Å². The third kappa shape index (κ3) is 4.77. The van der Waals surface area contributed by atoms with Crippen molar-refractivity contribution in [1.29, 1.82) is 0 Å². The molecule has 2 aromatic carbocycles. The second-order valence-electron chi connectivity index (χ2n) is 7.05. The Morgan fingerprint density at radius 3 is 2.41 bits per heavy atom. The van der Waals surface area contributed by atoms with Crippen LogP contribution in [0.4, 0.5) is 17.5 Å². The van der Waals surface area contributed by atoms with E-state index in [0.717, 1.165) is 56.4 Å². The van der Waals surface area contributed by atoms with Gasteiger partial charge in [-0.05, 0) is 30.2 Å². The van der Waals surface area contributed by atoms with Gasteiger partial charge in [0.15, 0.2) is 0 Å². The third-order valence-electron chi connectivity index (χ3n) is 5.21. The topological polar surface area (TPSA) is 53.5 Å². The summed E-state index contributed by atoms with van der Waals surface area (Å²) >= 11 is 0. The van der Waals surface area contributed by atoms with Crippen LogP contribution in [-0.4, -0.2) is 49.8 Å². The first-order chi connectivity index (χ1) is 14.3. The summed E-state index contributed by atoms with van der Waals surface area (Å²) in [6.45, 7) is 4.51. The maximum atomic E-state index is 5.51. The molecule has 0 amide bonds. The molecule has 3 aromatic rings. The van der Waals surface area contributed by atoms with Crippen molar-refractivity contribution in [3.8, 4) is 5.75 Å². The second kappa shape index (κ2) is 9.28. The molecule has 1 fully saturated rings. The Labute approximate surface area is 172 Å². The number of ether oxygens (including phenoxy) is 1. The molecule has 29 heavy (non-hydrogen) atoms. The Morgan fingerprint density at radius 2 is 1.62 bits per heavy atom. The summed E-state index contributed by atoms with van der Waals surface area (Å²) in [6, 6.07) is 20.6. The molecule has 0 radical (unpaired) electrons. The molecule has 6 nitrogen and oxygen atoms in total. The van der Waals surface area contributed by atoms with Crippen molar-refractivity contribution < 1.29 is 4.74 Å². The Balaban J connectivity index is 1.33. The largest absolute Gasteiger partial charge is 0.495 e. The minimum atomic E-state index is 0.686. The molecule has 1 N–H and O–H groups in total. The first-order valence-corrected chi connectivity index (χ1v) is 10.1. The summed E-state index contributed by atoms with van der Waals surface area (Å²) < 4.78 is 5.51. The number of nitrogens with zero attached hydrogens (tertiary/aromatic N) is 4. The van der Waals surface area contributed by atoms with E-state index in [9.17, 15) is 0 Å². The van der Waals surface area contributed by atoms with Gasteiger partial charge in [-0.25, -0.2) is 4.98 Å². The zero-order chi connectivity index (χ0) is 19.9. The summed E-state index contributed by atoms with van der Waals surface area (Å²) in [4.78, 5) is 13.8. The monoisotopic (exact) mass is 389 g/mol. The number of benzene rings is 2. The Morgan fingerprint density at radius 1 is 0.897 bits per heavy atom. The number of hydrogen-bond donors (Lipinski definition) is 1. The van der Waals surface area contributed by atoms with Crippen molar-refractivity contribution in [2.24, 2.45) is 0 Å². The van der Waals surface area contributed by atoms with Gasteiger partial charge in [0.25, 0.3) is 0 Å². The molecule has 0 unspecified atom stereocenters. The van der Waals surface area contributed by atoms with Crippen LogP contribution in [0, 0.1) is 0 Å². The van der Waals surface area contributed by atoms with Gasteiger partial charge in [-0.3, -0.25) is 0 Å². The van der Waals surface area contributed by atoms with Gasteiger partial charge in [0.05, 0.1) is 12.8 Å². The van der Waals surface area contributed by atoms with E-state index in [1.165, 1.54) is 5.56 Å². The Hall–Kier alpha value is -3.28. The van der Waals surface area contributed by atoms with Crippen LogP contribution in [-0.2, 0) is 6.42 Å². The van der Waals surface area contributed by atoms with Crippen LogP contribution >= 0.6 is 0 Å². The predicted octanol–water partition coefficient (Wildman–Crippen LogP) is 3.47. The van der Waals surface area contributed by atoms with Crippen LogP contribution in [0.15, 0.2) is 66.9 Å². The van der Waals surface area contributed by atoms with Gasteiger partial charge in [0.1, 0.15) is 11.6 Å². The number of methoxy groups -OCH3 is 1. The molecule has 1 aliphatic heterocycles. The molecule has 4 rings (SSSR count). The number of hydrogen-bond acceptors (Lipinski definition) is 6. The van der Waals surface area contributed by atoms with Gasteiger partial charge in [-0.2, -0.15) is 4.98 Å². The number of nitrogens with one attached hydrogen (secondary N) is 1. The summed E-state index contributed by atoms with van der Waals surface area (Å²) in [5, 5.41) is 3.35. The summed E-state index contributed by atoms with van der Waals surface area (Å²) in [6.07, 6.45) is 2.78. The number of aromatic nitrogens is 2. The molecule has 0 atom stereocenters. The lowest BCUT2D eigenvalue weighted by Crippen LogP contribution is -2.47. The lowest BCUT2D eigenvalue weighted by atomic mass is 10.1. The van der Waals surface area contributed by atoms with E-state index in [2.05, 4.69) is 56.5 Å². The molecular formula is C23H27N5O. The van der Waals surface area contributed by atoms with E-state index >= 15 is 0 Å². The molecule has 0 saturated carbocycles. The summed E-state index contributed by atoms with van der Waals surface area (Å²) in [5.74, 6) is 2.58. The number of rotatable bonds is 7. The predicted molar refractivity (Wildman–Crippen MR) is 118 cm³/mol. The van der Waals surface area contributed by atoms with Gasteiger partial charge < -0.3 is 19.9 Å². The van der Waals surface area contributed by atoms with Crippen LogP contribution in [0.1, 0.15) is 5.56 Å². The van der Waals surface area contributed by atoms with Crippen LogP contribution in [0.3, 0.4) is 0 Å². The average Bonchev–Trinajstić information content (AvgIpc) is 2.80. The molecule has 0 spiro atoms. The average molecular weight is 390 g/mol. The van der Waals surface area contributed by atoms with Crippen LogP contribution in [0.25, 0.3) is 0 Å². The van der Waals surface area contributed by atoms with Crippen molar-refractivity contribution in [2.75, 3.05) is 55.0 Å². The van der Waals surface area contributed by atoms with Crippen LogP contribution < -0.4 is 19.9 Å². The van der Waals surface area contributed by atoms with E-state index in [4.69, 9.17) is 9.72 Å². The van der Waals surface area contributed by atoms with Crippen molar-refractivity contribution in [2.45, 2.75) is 6.42 Å². The van der Waals surface area contributed by atoms with E-state index < -0.39 is 0 Å². The van der Waals surface area contributed by atoms with Gasteiger partial charge in [-0.1, -0.05) is 42.5 Å². The lowest BCUT2D eigenvalue weighted by molar-refractivity contribution is 0.413. The fourth-order valence-corrected chi connectivity index (χ4v) is 3.64. The summed E-state index contributed by atoms with van der Waals surface area (Å²) in [7, 11) is 1.72. The molecule has 2 heterocycles. The number of para-hydroxylation sites is 2. The van der Waals surface area contributed by atoms with Crippen molar-refractivity contribution >= 4 is 17.5 Å². The SMILES string of the molecule is COc1ccccc1N1CCN(c2ccnc(NCCc3ccccc3)n2)CC1. The highest BCUT2D eigenvalue weighted by Crippen LogP contribution is 2.29. The molecule has 6 heteroatoms. The Bertz CT molecular complexity index is 910. The standard InChI is InChI=1S/C23H27N5O/c1-29-21-10-6-5-9-20(21)27-15-17-28(18-16-27)22-12-14-25-23(26-22)24-13-11-19-7-3-2-4-8-19/h2-10,12,14H,11,13,15-18H2,1H3,(H,24,25,26). The number of piperazine rings is 1. The highest BCUT2D eigenvalue weighted by molar-refractivity contribution is 5.59. The van der Waals surface area contributed by atoms with Crippen molar-refractivity contribution in [3.63, 3.8) is 0 Å². The molecule has 1 aromatic heterocycles. The van der Waals surface area contributed by atoms with E-state index in [0.29, 0.717) is 5.95 Å². The van der Waals surface area contributed by atoms with Gasteiger partial charge in [0.2, 0.25) is 5.95 Å². The highest BCUT2D eigenvalue weighted by atomic mass is 16.5. The molecule has 150 valence electrons. The van der Waals surface area contributed by atoms with Crippen molar-refractivity contribution in [3.05, 3.63) is 72.4 Å². The third-order valence-corrected chi connectivity index (χ3v) is 5.21. The summed E-state index contributed by atoms with van der Waals surface area (Å²) in [5.41, 5.74) is 2.46. The van der Waals surface area contributed by atoms with Gasteiger partial charge in [0, 0.05) is 38.9 Å². The minimum absolute atomic E-state index is 0.686. The molecule has 1 aliphatic rings. The minimum Gasteiger partial charge on any atom is -0.495 e. The van der Waals surface area contributed by atoms with Crippen LogP contribution in [0.2, 0.25) is 0 Å². The van der Waals surface area contributed by atoms with E-state index in [1.54, 1.807) is 7.11 Å².